The summed E-state index contributed by atoms with van der Waals surface area (Å²) in [5.74, 6) is 1.56. The van der Waals surface area contributed by atoms with Gasteiger partial charge < -0.3 is 19.5 Å². The molecule has 2 amide bonds. The molecule has 1 aliphatic rings. The topological polar surface area (TPSA) is 97.6 Å². The Bertz CT molecular complexity index is 1120. The summed E-state index contributed by atoms with van der Waals surface area (Å²) < 4.78 is 11.3. The van der Waals surface area contributed by atoms with Crippen molar-refractivity contribution in [3.05, 3.63) is 59.4 Å². The molecule has 1 N–H and O–H groups in total. The van der Waals surface area contributed by atoms with Gasteiger partial charge in [0.1, 0.15) is 5.75 Å². The summed E-state index contributed by atoms with van der Waals surface area (Å²) >= 11 is 5.99. The van der Waals surface area contributed by atoms with Gasteiger partial charge in [0.2, 0.25) is 17.6 Å². The SMILES string of the molecule is CC(=O)Nc1ccc(-c2noc(C3CCN(C(=O)C(C)Oc4cccc(Cl)c4)CC3)n2)cc1. The van der Waals surface area contributed by atoms with Crippen molar-refractivity contribution < 1.29 is 18.8 Å². The van der Waals surface area contributed by atoms with Crippen LogP contribution >= 0.6 is 11.6 Å². The van der Waals surface area contributed by atoms with E-state index in [0.29, 0.717) is 41.3 Å². The summed E-state index contributed by atoms with van der Waals surface area (Å²) in [6.07, 6.45) is 0.868. The fourth-order valence-electron chi connectivity index (χ4n) is 3.82. The van der Waals surface area contributed by atoms with Gasteiger partial charge in [0.25, 0.3) is 5.91 Å². The summed E-state index contributed by atoms with van der Waals surface area (Å²) in [5, 5.41) is 7.40. The smallest absolute Gasteiger partial charge is 0.263 e. The molecular weight excluding hydrogens is 444 g/mol. The van der Waals surface area contributed by atoms with E-state index in [1.165, 1.54) is 6.92 Å². The molecular formula is C24H25ClN4O4. The molecule has 2 heterocycles. The van der Waals surface area contributed by atoms with Crippen LogP contribution in [0, 0.1) is 0 Å². The number of aromatic nitrogens is 2. The molecule has 9 heteroatoms. The minimum Gasteiger partial charge on any atom is -0.481 e. The van der Waals surface area contributed by atoms with Crippen molar-refractivity contribution in [3.8, 4) is 17.1 Å². The summed E-state index contributed by atoms with van der Waals surface area (Å²) in [7, 11) is 0. The van der Waals surface area contributed by atoms with Crippen LogP contribution in [0.4, 0.5) is 5.69 Å². The molecule has 0 spiro atoms. The van der Waals surface area contributed by atoms with E-state index in [9.17, 15) is 9.59 Å². The van der Waals surface area contributed by atoms with E-state index in [1.807, 2.05) is 17.0 Å². The summed E-state index contributed by atoms with van der Waals surface area (Å²) in [6.45, 7) is 4.40. The van der Waals surface area contributed by atoms with Crippen LogP contribution < -0.4 is 10.1 Å². The molecule has 8 nitrogen and oxygen atoms in total. The molecule has 2 aromatic carbocycles. The van der Waals surface area contributed by atoms with Crippen molar-refractivity contribution in [2.45, 2.75) is 38.7 Å². The summed E-state index contributed by atoms with van der Waals surface area (Å²) in [4.78, 5) is 30.3. The number of nitrogens with zero attached hydrogens (tertiary/aromatic N) is 3. The number of rotatable bonds is 6. The van der Waals surface area contributed by atoms with Crippen LogP contribution in [0.3, 0.4) is 0 Å². The third-order valence-corrected chi connectivity index (χ3v) is 5.75. The standard InChI is InChI=1S/C24H25ClN4O4/c1-15(32-21-5-3-4-19(25)14-21)24(31)29-12-10-18(11-13-29)23-27-22(28-33-23)17-6-8-20(9-7-17)26-16(2)30/h3-9,14-15,18H,10-13H2,1-2H3,(H,26,30). The number of ether oxygens (including phenoxy) is 1. The van der Waals surface area contributed by atoms with Crippen molar-refractivity contribution >= 4 is 29.1 Å². The Hall–Kier alpha value is -3.39. The number of nitrogens with one attached hydrogen (secondary N) is 1. The molecule has 0 aliphatic carbocycles. The van der Waals surface area contributed by atoms with Crippen molar-refractivity contribution in [2.24, 2.45) is 0 Å². The van der Waals surface area contributed by atoms with E-state index in [1.54, 1.807) is 43.3 Å². The molecule has 33 heavy (non-hydrogen) atoms. The third kappa shape index (κ3) is 5.70. The van der Waals surface area contributed by atoms with Crippen LogP contribution in [0.25, 0.3) is 11.4 Å². The second kappa shape index (κ2) is 10.0. The number of carbonyl (C=O) groups excluding carboxylic acids is 2. The highest BCUT2D eigenvalue weighted by molar-refractivity contribution is 6.30. The Balaban J connectivity index is 1.32. The van der Waals surface area contributed by atoms with Crippen LogP contribution in [-0.4, -0.2) is 46.0 Å². The molecule has 1 aromatic heterocycles. The number of likely N-dealkylation sites (tertiary alicyclic amines) is 1. The average Bonchev–Trinajstić information content (AvgIpc) is 3.29. The number of piperidine rings is 1. The molecule has 3 aromatic rings. The average molecular weight is 469 g/mol. The fourth-order valence-corrected chi connectivity index (χ4v) is 4.00. The Morgan fingerprint density at radius 1 is 1.18 bits per heavy atom. The quantitative estimate of drug-likeness (QED) is 0.571. The van der Waals surface area contributed by atoms with E-state index in [2.05, 4.69) is 15.5 Å². The number of carbonyl (C=O) groups is 2. The molecule has 0 bridgehead atoms. The second-order valence-corrected chi connectivity index (χ2v) is 8.47. The zero-order valence-corrected chi connectivity index (χ0v) is 19.2. The van der Waals surface area contributed by atoms with E-state index >= 15 is 0 Å². The molecule has 4 rings (SSSR count). The fraction of sp³-hybridized carbons (Fsp3) is 0.333. The van der Waals surface area contributed by atoms with E-state index in [0.717, 1.165) is 18.4 Å². The lowest BCUT2D eigenvalue weighted by atomic mass is 9.96. The van der Waals surface area contributed by atoms with Crippen molar-refractivity contribution in [1.82, 2.24) is 15.0 Å². The number of hydrogen-bond acceptors (Lipinski definition) is 6. The van der Waals surface area contributed by atoms with Gasteiger partial charge in [-0.05, 0) is 62.2 Å². The van der Waals surface area contributed by atoms with E-state index < -0.39 is 6.10 Å². The predicted molar refractivity (Wildman–Crippen MR) is 124 cm³/mol. The first-order valence-electron chi connectivity index (χ1n) is 10.8. The van der Waals surface area contributed by atoms with Crippen molar-refractivity contribution in [1.29, 1.82) is 0 Å². The minimum absolute atomic E-state index is 0.0566. The van der Waals surface area contributed by atoms with E-state index in [-0.39, 0.29) is 17.7 Å². The normalized spacial score (nSPS) is 15.2. The Morgan fingerprint density at radius 2 is 1.91 bits per heavy atom. The van der Waals surface area contributed by atoms with Gasteiger partial charge in [-0.1, -0.05) is 22.8 Å². The first-order valence-corrected chi connectivity index (χ1v) is 11.2. The molecule has 1 unspecified atom stereocenters. The molecule has 1 atom stereocenters. The van der Waals surface area contributed by atoms with Crippen molar-refractivity contribution in [3.63, 3.8) is 0 Å². The second-order valence-electron chi connectivity index (χ2n) is 8.03. The zero-order valence-electron chi connectivity index (χ0n) is 18.5. The van der Waals surface area contributed by atoms with Crippen molar-refractivity contribution in [2.75, 3.05) is 18.4 Å². The Labute approximate surface area is 196 Å². The summed E-state index contributed by atoms with van der Waals surface area (Å²) in [5.41, 5.74) is 1.51. The molecule has 0 radical (unpaired) electrons. The Morgan fingerprint density at radius 3 is 2.58 bits per heavy atom. The zero-order chi connectivity index (χ0) is 23.4. The molecule has 1 saturated heterocycles. The van der Waals surface area contributed by atoms with Crippen LogP contribution in [0.1, 0.15) is 38.5 Å². The van der Waals surface area contributed by atoms with Gasteiger partial charge in [0.15, 0.2) is 6.10 Å². The number of anilines is 1. The first-order chi connectivity index (χ1) is 15.9. The van der Waals surface area contributed by atoms with Gasteiger partial charge in [-0.3, -0.25) is 9.59 Å². The van der Waals surface area contributed by atoms with Gasteiger partial charge in [-0.2, -0.15) is 4.98 Å². The number of benzene rings is 2. The lowest BCUT2D eigenvalue weighted by Gasteiger charge is -2.32. The molecule has 0 saturated carbocycles. The van der Waals surface area contributed by atoms with Crippen LogP contribution in [0.2, 0.25) is 5.02 Å². The van der Waals surface area contributed by atoms with Crippen LogP contribution in [0.5, 0.6) is 5.75 Å². The lowest BCUT2D eigenvalue weighted by Crippen LogP contribution is -2.44. The van der Waals surface area contributed by atoms with Crippen LogP contribution in [0.15, 0.2) is 53.1 Å². The maximum atomic E-state index is 12.8. The highest BCUT2D eigenvalue weighted by atomic mass is 35.5. The molecule has 172 valence electrons. The monoisotopic (exact) mass is 468 g/mol. The van der Waals surface area contributed by atoms with Gasteiger partial charge in [0.05, 0.1) is 0 Å². The number of amides is 2. The minimum atomic E-state index is -0.601. The Kier molecular flexibility index (Phi) is 6.93. The van der Waals surface area contributed by atoms with Crippen LogP contribution in [-0.2, 0) is 9.59 Å². The lowest BCUT2D eigenvalue weighted by molar-refractivity contribution is -0.139. The van der Waals surface area contributed by atoms with E-state index in [4.69, 9.17) is 20.9 Å². The highest BCUT2D eigenvalue weighted by Gasteiger charge is 2.30. The molecule has 1 aliphatic heterocycles. The van der Waals surface area contributed by atoms with Gasteiger partial charge >= 0.3 is 0 Å². The maximum absolute atomic E-state index is 12.8. The third-order valence-electron chi connectivity index (χ3n) is 5.52. The van der Waals surface area contributed by atoms with Gasteiger partial charge in [-0.15, -0.1) is 0 Å². The summed E-state index contributed by atoms with van der Waals surface area (Å²) in [6, 6.07) is 14.3. The predicted octanol–water partition coefficient (Wildman–Crippen LogP) is 4.52. The molecule has 1 fully saturated rings. The van der Waals surface area contributed by atoms with Gasteiger partial charge in [0, 0.05) is 42.2 Å². The highest BCUT2D eigenvalue weighted by Crippen LogP contribution is 2.29. The van der Waals surface area contributed by atoms with Gasteiger partial charge in [-0.25, -0.2) is 0 Å². The number of hydrogen-bond donors (Lipinski definition) is 1. The maximum Gasteiger partial charge on any atom is 0.263 e. The number of halogens is 1. The largest absolute Gasteiger partial charge is 0.481 e. The first kappa shape index (κ1) is 22.8.